The van der Waals surface area contributed by atoms with Gasteiger partial charge < -0.3 is 15.0 Å². The highest BCUT2D eigenvalue weighted by Gasteiger charge is 2.37. The van der Waals surface area contributed by atoms with Crippen molar-refractivity contribution < 1.29 is 27.9 Å². The first-order chi connectivity index (χ1) is 10.3. The van der Waals surface area contributed by atoms with Crippen LogP contribution in [0.2, 0.25) is 0 Å². The smallest absolute Gasteiger partial charge is 0.449 e. The van der Waals surface area contributed by atoms with Gasteiger partial charge in [-0.2, -0.15) is 13.2 Å². The molecule has 9 heteroatoms. The Hall–Kier alpha value is -2.58. The maximum absolute atomic E-state index is 13.0. The van der Waals surface area contributed by atoms with Crippen molar-refractivity contribution >= 4 is 22.9 Å². The molecular weight excluding hydrogens is 303 g/mol. The summed E-state index contributed by atoms with van der Waals surface area (Å²) in [7, 11) is 0. The quantitative estimate of drug-likeness (QED) is 0.878. The molecule has 0 aliphatic heterocycles. The van der Waals surface area contributed by atoms with Gasteiger partial charge >= 0.3 is 12.1 Å². The molecule has 0 aliphatic carbocycles. The fraction of sp³-hybridized carbons (Fsp3) is 0.308. The van der Waals surface area contributed by atoms with Gasteiger partial charge in [0.25, 0.3) is 0 Å². The number of fused-ring (bicyclic) bond motifs is 1. The summed E-state index contributed by atoms with van der Waals surface area (Å²) >= 11 is 0. The molecule has 2 N–H and O–H groups in total. The summed E-state index contributed by atoms with van der Waals surface area (Å²) in [5, 5.41) is 10.7. The van der Waals surface area contributed by atoms with Gasteiger partial charge in [0.1, 0.15) is 6.54 Å². The molecule has 0 atom stereocenters. The van der Waals surface area contributed by atoms with Gasteiger partial charge in [-0.3, -0.25) is 9.59 Å². The van der Waals surface area contributed by atoms with Crippen LogP contribution >= 0.6 is 0 Å². The number of benzene rings is 1. The lowest BCUT2D eigenvalue weighted by Crippen LogP contribution is -2.31. The molecule has 1 amide bonds. The minimum absolute atomic E-state index is 0.133. The molecule has 118 valence electrons. The molecule has 0 saturated carbocycles. The average molecular weight is 315 g/mol. The van der Waals surface area contributed by atoms with E-state index in [1.165, 1.54) is 12.1 Å². The lowest BCUT2D eigenvalue weighted by atomic mass is 10.3. The van der Waals surface area contributed by atoms with Crippen LogP contribution in [0, 0.1) is 0 Å². The van der Waals surface area contributed by atoms with Gasteiger partial charge in [-0.25, -0.2) is 4.98 Å². The summed E-state index contributed by atoms with van der Waals surface area (Å²) < 4.78 is 39.8. The SMILES string of the molecule is O=C(O)CCNC(=O)Cn1c(C(F)(F)F)nc2ccccc21. The van der Waals surface area contributed by atoms with Crippen molar-refractivity contribution in [2.75, 3.05) is 6.54 Å². The van der Waals surface area contributed by atoms with Crippen molar-refractivity contribution in [1.82, 2.24) is 14.9 Å². The molecule has 0 saturated heterocycles. The monoisotopic (exact) mass is 315 g/mol. The number of rotatable bonds is 5. The van der Waals surface area contributed by atoms with Crippen molar-refractivity contribution in [3.05, 3.63) is 30.1 Å². The Morgan fingerprint density at radius 1 is 1.27 bits per heavy atom. The van der Waals surface area contributed by atoms with Gasteiger partial charge in [-0.15, -0.1) is 0 Å². The number of halogens is 3. The Labute approximate surface area is 122 Å². The fourth-order valence-corrected chi connectivity index (χ4v) is 1.96. The second-order valence-electron chi connectivity index (χ2n) is 4.50. The number of alkyl halides is 3. The summed E-state index contributed by atoms with van der Waals surface area (Å²) in [6.45, 7) is -0.739. The van der Waals surface area contributed by atoms with Gasteiger partial charge in [0.05, 0.1) is 17.5 Å². The molecule has 0 spiro atoms. The highest BCUT2D eigenvalue weighted by Crippen LogP contribution is 2.31. The van der Waals surface area contributed by atoms with E-state index >= 15 is 0 Å². The van der Waals surface area contributed by atoms with Crippen LogP contribution in [-0.4, -0.2) is 33.1 Å². The Morgan fingerprint density at radius 2 is 1.95 bits per heavy atom. The molecule has 0 fully saturated rings. The van der Waals surface area contributed by atoms with E-state index in [1.54, 1.807) is 12.1 Å². The Balaban J connectivity index is 2.25. The largest absolute Gasteiger partial charge is 0.481 e. The highest BCUT2D eigenvalue weighted by molar-refractivity contribution is 5.81. The van der Waals surface area contributed by atoms with E-state index in [4.69, 9.17) is 5.11 Å². The van der Waals surface area contributed by atoms with Crippen LogP contribution < -0.4 is 5.32 Å². The molecule has 0 unspecified atom stereocenters. The number of aromatic nitrogens is 2. The lowest BCUT2D eigenvalue weighted by molar-refractivity contribution is -0.147. The molecule has 0 bridgehead atoms. The Morgan fingerprint density at radius 3 is 2.59 bits per heavy atom. The number of hydrogen-bond donors (Lipinski definition) is 2. The van der Waals surface area contributed by atoms with E-state index in [2.05, 4.69) is 10.3 Å². The first kappa shape index (κ1) is 15.8. The van der Waals surface area contributed by atoms with E-state index in [9.17, 15) is 22.8 Å². The van der Waals surface area contributed by atoms with E-state index in [0.29, 0.717) is 0 Å². The number of aliphatic carboxylic acids is 1. The van der Waals surface area contributed by atoms with Gasteiger partial charge in [0, 0.05) is 6.54 Å². The van der Waals surface area contributed by atoms with Crippen LogP contribution in [0.1, 0.15) is 12.2 Å². The molecule has 0 radical (unpaired) electrons. The standard InChI is InChI=1S/C13H12F3N3O3/c14-13(15,16)12-18-8-3-1-2-4-9(8)19(12)7-10(20)17-6-5-11(21)22/h1-4H,5-7H2,(H,17,20)(H,21,22). The maximum atomic E-state index is 13.0. The molecule has 0 aliphatic rings. The van der Waals surface area contributed by atoms with Crippen LogP contribution in [0.3, 0.4) is 0 Å². The third kappa shape index (κ3) is 3.54. The van der Waals surface area contributed by atoms with Crippen molar-refractivity contribution in [3.63, 3.8) is 0 Å². The number of nitrogens with one attached hydrogen (secondary N) is 1. The van der Waals surface area contributed by atoms with Crippen LogP contribution in [0.15, 0.2) is 24.3 Å². The van der Waals surface area contributed by atoms with Gasteiger partial charge in [0.2, 0.25) is 11.7 Å². The van der Waals surface area contributed by atoms with E-state index in [1.807, 2.05) is 0 Å². The Kier molecular flexibility index (Phi) is 4.34. The lowest BCUT2D eigenvalue weighted by Gasteiger charge is -2.11. The number of para-hydroxylation sites is 2. The van der Waals surface area contributed by atoms with E-state index in [0.717, 1.165) is 4.57 Å². The van der Waals surface area contributed by atoms with Crippen molar-refractivity contribution in [3.8, 4) is 0 Å². The van der Waals surface area contributed by atoms with Gasteiger partial charge in [-0.05, 0) is 12.1 Å². The van der Waals surface area contributed by atoms with Crippen molar-refractivity contribution in [1.29, 1.82) is 0 Å². The van der Waals surface area contributed by atoms with E-state index < -0.39 is 30.4 Å². The first-order valence-electron chi connectivity index (χ1n) is 6.30. The number of nitrogens with zero attached hydrogens (tertiary/aromatic N) is 2. The predicted molar refractivity (Wildman–Crippen MR) is 70.0 cm³/mol. The Bertz CT molecular complexity index is 709. The van der Waals surface area contributed by atoms with Crippen LogP contribution in [0.5, 0.6) is 0 Å². The molecule has 2 aromatic rings. The highest BCUT2D eigenvalue weighted by atomic mass is 19.4. The zero-order chi connectivity index (χ0) is 16.3. The third-order valence-corrected chi connectivity index (χ3v) is 2.87. The third-order valence-electron chi connectivity index (χ3n) is 2.87. The second kappa shape index (κ2) is 6.04. The topological polar surface area (TPSA) is 84.2 Å². The molecule has 1 heterocycles. The number of carbonyl (C=O) groups is 2. The zero-order valence-corrected chi connectivity index (χ0v) is 11.2. The molecule has 22 heavy (non-hydrogen) atoms. The van der Waals surface area contributed by atoms with Gasteiger partial charge in [0.15, 0.2) is 0 Å². The molecule has 1 aromatic carbocycles. The number of carboxylic acids is 1. The number of hydrogen-bond acceptors (Lipinski definition) is 3. The number of imidazole rings is 1. The van der Waals surface area contributed by atoms with Gasteiger partial charge in [-0.1, -0.05) is 12.1 Å². The number of carboxylic acid groups (broad SMARTS) is 1. The van der Waals surface area contributed by atoms with Crippen molar-refractivity contribution in [2.45, 2.75) is 19.1 Å². The van der Waals surface area contributed by atoms with Crippen LogP contribution in [0.25, 0.3) is 11.0 Å². The van der Waals surface area contributed by atoms with Crippen molar-refractivity contribution in [2.24, 2.45) is 0 Å². The molecular formula is C13H12F3N3O3. The first-order valence-corrected chi connectivity index (χ1v) is 6.30. The average Bonchev–Trinajstić information content (AvgIpc) is 2.77. The summed E-state index contributed by atoms with van der Waals surface area (Å²) in [4.78, 5) is 25.5. The predicted octanol–water partition coefficient (Wildman–Crippen LogP) is 1.65. The summed E-state index contributed by atoms with van der Waals surface area (Å²) in [6.07, 6.45) is -5.00. The van der Waals surface area contributed by atoms with Crippen LogP contribution in [-0.2, 0) is 22.3 Å². The molecule has 6 nitrogen and oxygen atoms in total. The summed E-state index contributed by atoms with van der Waals surface area (Å²) in [5.74, 6) is -2.98. The second-order valence-corrected chi connectivity index (χ2v) is 4.50. The normalized spacial score (nSPS) is 11.6. The number of carbonyl (C=O) groups excluding carboxylic acids is 1. The summed E-state index contributed by atoms with van der Waals surface area (Å²) in [5.41, 5.74) is 0.316. The fourth-order valence-electron chi connectivity index (χ4n) is 1.96. The molecule has 1 aromatic heterocycles. The van der Waals surface area contributed by atoms with Crippen LogP contribution in [0.4, 0.5) is 13.2 Å². The number of amides is 1. The maximum Gasteiger partial charge on any atom is 0.449 e. The van der Waals surface area contributed by atoms with E-state index in [-0.39, 0.29) is 24.0 Å². The minimum Gasteiger partial charge on any atom is -0.481 e. The molecule has 2 rings (SSSR count). The zero-order valence-electron chi connectivity index (χ0n) is 11.2. The minimum atomic E-state index is -4.69. The summed E-state index contributed by atoms with van der Waals surface area (Å²) in [6, 6.07) is 5.95.